The Morgan fingerprint density at radius 3 is 2.94 bits per heavy atom. The van der Waals surface area contributed by atoms with E-state index in [1.807, 2.05) is 0 Å². The molecule has 1 aromatic carbocycles. The third-order valence-corrected chi connectivity index (χ3v) is 2.35. The molecule has 5 heteroatoms. The van der Waals surface area contributed by atoms with Crippen LogP contribution in [0.5, 0.6) is 0 Å². The van der Waals surface area contributed by atoms with Crippen LogP contribution in [-0.2, 0) is 0 Å². The fourth-order valence-corrected chi connectivity index (χ4v) is 1.35. The minimum atomic E-state index is -0.576. The Bertz CT molecular complexity index is 442. The molecule has 1 aromatic rings. The molecule has 84 valence electrons. The minimum Gasteiger partial charge on any atom is -0.411 e. The summed E-state index contributed by atoms with van der Waals surface area (Å²) in [5.41, 5.74) is 0.453. The Kier molecular flexibility index (Phi) is 2.85. The summed E-state index contributed by atoms with van der Waals surface area (Å²) in [6.07, 6.45) is 3.05. The smallest absolute Gasteiger partial charge is 0.254 e. The number of amides is 1. The molecule has 0 bridgehead atoms. The Balaban J connectivity index is 2.22. The number of oxime groups is 1. The van der Waals surface area contributed by atoms with Crippen molar-refractivity contribution in [3.05, 3.63) is 35.1 Å². The van der Waals surface area contributed by atoms with Crippen molar-refractivity contribution in [2.75, 3.05) is 0 Å². The van der Waals surface area contributed by atoms with E-state index in [0.717, 1.165) is 19.1 Å². The zero-order chi connectivity index (χ0) is 11.5. The molecule has 1 saturated carbocycles. The average molecular weight is 222 g/mol. The van der Waals surface area contributed by atoms with Crippen molar-refractivity contribution in [3.63, 3.8) is 0 Å². The van der Waals surface area contributed by atoms with Crippen LogP contribution in [0.1, 0.15) is 28.8 Å². The van der Waals surface area contributed by atoms with E-state index in [0.29, 0.717) is 5.56 Å². The molecular formula is C11H11FN2O2. The van der Waals surface area contributed by atoms with Crippen LogP contribution in [0.2, 0.25) is 0 Å². The van der Waals surface area contributed by atoms with Crippen molar-refractivity contribution in [1.29, 1.82) is 0 Å². The summed E-state index contributed by atoms with van der Waals surface area (Å²) < 4.78 is 13.4. The molecule has 1 aliphatic rings. The molecule has 0 radical (unpaired) electrons. The second kappa shape index (κ2) is 4.30. The Morgan fingerprint density at radius 2 is 2.31 bits per heavy atom. The summed E-state index contributed by atoms with van der Waals surface area (Å²) in [7, 11) is 0. The van der Waals surface area contributed by atoms with Gasteiger partial charge >= 0.3 is 0 Å². The maximum absolute atomic E-state index is 13.4. The number of hydrogen-bond acceptors (Lipinski definition) is 3. The van der Waals surface area contributed by atoms with Crippen LogP contribution in [0, 0.1) is 5.82 Å². The summed E-state index contributed by atoms with van der Waals surface area (Å²) in [6, 6.07) is 4.15. The lowest BCUT2D eigenvalue weighted by atomic mass is 10.1. The Labute approximate surface area is 91.8 Å². The standard InChI is InChI=1S/C11H11FN2O2/c12-10-4-1-7(6-13-16)5-9(10)11(15)14-8-2-3-8/h1,4-6,8,16H,2-3H2,(H,14,15). The van der Waals surface area contributed by atoms with Crippen molar-refractivity contribution in [3.8, 4) is 0 Å². The second-order valence-electron chi connectivity index (χ2n) is 3.73. The molecule has 4 nitrogen and oxygen atoms in total. The SMILES string of the molecule is O=C(NC1CC1)c1cc(C=NO)ccc1F. The quantitative estimate of drug-likeness (QED) is 0.463. The first kappa shape index (κ1) is 10.6. The number of hydrogen-bond donors (Lipinski definition) is 2. The number of nitrogens with zero attached hydrogens (tertiary/aromatic N) is 1. The highest BCUT2D eigenvalue weighted by Crippen LogP contribution is 2.20. The fourth-order valence-electron chi connectivity index (χ4n) is 1.35. The van der Waals surface area contributed by atoms with E-state index in [9.17, 15) is 9.18 Å². The minimum absolute atomic E-state index is 0.0238. The highest BCUT2D eigenvalue weighted by molar-refractivity contribution is 5.96. The molecule has 0 atom stereocenters. The van der Waals surface area contributed by atoms with E-state index in [4.69, 9.17) is 5.21 Å². The molecule has 16 heavy (non-hydrogen) atoms. The third kappa shape index (κ3) is 2.36. The van der Waals surface area contributed by atoms with Crippen LogP contribution < -0.4 is 5.32 Å². The lowest BCUT2D eigenvalue weighted by Gasteiger charge is -2.05. The lowest BCUT2D eigenvalue weighted by molar-refractivity contribution is 0.0947. The van der Waals surface area contributed by atoms with Gasteiger partial charge in [0.25, 0.3) is 5.91 Å². The molecule has 0 aromatic heterocycles. The van der Waals surface area contributed by atoms with Crippen LogP contribution in [0.3, 0.4) is 0 Å². The third-order valence-electron chi connectivity index (χ3n) is 2.35. The normalized spacial score (nSPS) is 15.3. The van der Waals surface area contributed by atoms with Gasteiger partial charge in [-0.25, -0.2) is 4.39 Å². The molecule has 1 amide bonds. The number of rotatable bonds is 3. The summed E-state index contributed by atoms with van der Waals surface area (Å²) in [6.45, 7) is 0. The lowest BCUT2D eigenvalue weighted by Crippen LogP contribution is -2.26. The average Bonchev–Trinajstić information content (AvgIpc) is 3.05. The second-order valence-corrected chi connectivity index (χ2v) is 3.73. The highest BCUT2D eigenvalue weighted by Gasteiger charge is 2.25. The van der Waals surface area contributed by atoms with Gasteiger partial charge in [-0.2, -0.15) is 0 Å². The summed E-state index contributed by atoms with van der Waals surface area (Å²) in [4.78, 5) is 11.6. The van der Waals surface area contributed by atoms with Gasteiger partial charge in [0.15, 0.2) is 0 Å². The van der Waals surface area contributed by atoms with Gasteiger partial charge in [0.2, 0.25) is 0 Å². The molecule has 0 saturated heterocycles. The number of nitrogens with one attached hydrogen (secondary N) is 1. The monoisotopic (exact) mass is 222 g/mol. The van der Waals surface area contributed by atoms with Gasteiger partial charge < -0.3 is 10.5 Å². The van der Waals surface area contributed by atoms with Crippen molar-refractivity contribution in [1.82, 2.24) is 5.32 Å². The number of carbonyl (C=O) groups excluding carboxylic acids is 1. The number of carbonyl (C=O) groups is 1. The van der Waals surface area contributed by atoms with Crippen LogP contribution in [0.4, 0.5) is 4.39 Å². The molecule has 1 fully saturated rings. The summed E-state index contributed by atoms with van der Waals surface area (Å²) in [5, 5.41) is 13.9. The van der Waals surface area contributed by atoms with Crippen LogP contribution in [0.25, 0.3) is 0 Å². The molecule has 2 rings (SSSR count). The number of halogens is 1. The van der Waals surface area contributed by atoms with Gasteiger partial charge in [-0.15, -0.1) is 0 Å². The van der Waals surface area contributed by atoms with Crippen molar-refractivity contribution in [2.45, 2.75) is 18.9 Å². The van der Waals surface area contributed by atoms with E-state index in [-0.39, 0.29) is 11.6 Å². The molecule has 0 unspecified atom stereocenters. The van der Waals surface area contributed by atoms with Crippen molar-refractivity contribution < 1.29 is 14.4 Å². The zero-order valence-corrected chi connectivity index (χ0v) is 8.48. The first-order chi connectivity index (χ1) is 7.70. The van der Waals surface area contributed by atoms with Gasteiger partial charge in [-0.1, -0.05) is 11.2 Å². The van der Waals surface area contributed by atoms with Crippen LogP contribution in [-0.4, -0.2) is 23.4 Å². The summed E-state index contributed by atoms with van der Waals surface area (Å²) >= 11 is 0. The first-order valence-corrected chi connectivity index (χ1v) is 4.98. The van der Waals surface area contributed by atoms with Gasteiger partial charge in [-0.05, 0) is 30.5 Å². The van der Waals surface area contributed by atoms with Crippen molar-refractivity contribution >= 4 is 12.1 Å². The molecular weight excluding hydrogens is 211 g/mol. The molecule has 1 aliphatic carbocycles. The van der Waals surface area contributed by atoms with E-state index in [1.54, 1.807) is 0 Å². The summed E-state index contributed by atoms with van der Waals surface area (Å²) in [5.74, 6) is -0.999. The highest BCUT2D eigenvalue weighted by atomic mass is 19.1. The largest absolute Gasteiger partial charge is 0.411 e. The van der Waals surface area contributed by atoms with Crippen LogP contribution in [0.15, 0.2) is 23.4 Å². The van der Waals surface area contributed by atoms with E-state index < -0.39 is 11.7 Å². The van der Waals surface area contributed by atoms with Gasteiger partial charge in [0, 0.05) is 6.04 Å². The number of benzene rings is 1. The fraction of sp³-hybridized carbons (Fsp3) is 0.273. The van der Waals surface area contributed by atoms with E-state index >= 15 is 0 Å². The Morgan fingerprint density at radius 1 is 1.56 bits per heavy atom. The van der Waals surface area contributed by atoms with Gasteiger partial charge in [-0.3, -0.25) is 4.79 Å². The first-order valence-electron chi connectivity index (χ1n) is 4.98. The van der Waals surface area contributed by atoms with Gasteiger partial charge in [0.1, 0.15) is 5.82 Å². The van der Waals surface area contributed by atoms with Gasteiger partial charge in [0.05, 0.1) is 11.8 Å². The van der Waals surface area contributed by atoms with Crippen LogP contribution >= 0.6 is 0 Å². The molecule has 0 heterocycles. The van der Waals surface area contributed by atoms with E-state index in [2.05, 4.69) is 10.5 Å². The maximum atomic E-state index is 13.4. The maximum Gasteiger partial charge on any atom is 0.254 e. The molecule has 2 N–H and O–H groups in total. The zero-order valence-electron chi connectivity index (χ0n) is 8.48. The molecule has 0 spiro atoms. The molecule has 0 aliphatic heterocycles. The van der Waals surface area contributed by atoms with Crippen molar-refractivity contribution in [2.24, 2.45) is 5.16 Å². The van der Waals surface area contributed by atoms with E-state index in [1.165, 1.54) is 18.2 Å². The predicted octanol–water partition coefficient (Wildman–Crippen LogP) is 1.53. The predicted molar refractivity (Wildman–Crippen MR) is 56.3 cm³/mol. The Hall–Kier alpha value is -1.91. The topological polar surface area (TPSA) is 61.7 Å².